The van der Waals surface area contributed by atoms with Crippen molar-refractivity contribution in [3.63, 3.8) is 0 Å². The van der Waals surface area contributed by atoms with Crippen LogP contribution in [0.4, 0.5) is 0 Å². The predicted octanol–water partition coefficient (Wildman–Crippen LogP) is 0.946. The lowest BCUT2D eigenvalue weighted by Gasteiger charge is -2.22. The Hall–Kier alpha value is -1.40. The van der Waals surface area contributed by atoms with Crippen LogP contribution in [-0.2, 0) is 4.74 Å². The first-order valence-corrected chi connectivity index (χ1v) is 5.79. The smallest absolute Gasteiger partial charge is 0.345 e. The molecule has 0 saturated carbocycles. The second-order valence-corrected chi connectivity index (χ2v) is 4.35. The van der Waals surface area contributed by atoms with Crippen molar-refractivity contribution in [1.29, 1.82) is 0 Å². The summed E-state index contributed by atoms with van der Waals surface area (Å²) < 4.78 is 8.01. The molecule has 0 atom stereocenters. The van der Waals surface area contributed by atoms with Crippen molar-refractivity contribution in [3.8, 4) is 0 Å². The fourth-order valence-corrected chi connectivity index (χ4v) is 2.40. The Kier molecular flexibility index (Phi) is 2.60. The SMILES string of the molecule is O=c1n(Cl)c2cncnc2n1C1CCOCC1. The summed E-state index contributed by atoms with van der Waals surface area (Å²) in [5.74, 6) is 0. The Morgan fingerprint density at radius 3 is 2.94 bits per heavy atom. The van der Waals surface area contributed by atoms with Gasteiger partial charge in [-0.2, -0.15) is 4.09 Å². The summed E-state index contributed by atoms with van der Waals surface area (Å²) in [4.78, 5) is 20.1. The standard InChI is InChI=1S/C10H11ClN4O2/c11-15-8-5-12-6-13-9(8)14(10(15)16)7-1-3-17-4-2-7/h5-7H,1-4H2. The quantitative estimate of drug-likeness (QED) is 0.760. The van der Waals surface area contributed by atoms with Crippen LogP contribution in [0.3, 0.4) is 0 Å². The van der Waals surface area contributed by atoms with Crippen LogP contribution in [0.5, 0.6) is 0 Å². The van der Waals surface area contributed by atoms with Crippen LogP contribution in [0.2, 0.25) is 0 Å². The van der Waals surface area contributed by atoms with Crippen molar-refractivity contribution in [2.45, 2.75) is 18.9 Å². The van der Waals surface area contributed by atoms with E-state index in [1.165, 1.54) is 6.33 Å². The molecule has 1 aliphatic rings. The molecule has 0 N–H and O–H groups in total. The van der Waals surface area contributed by atoms with Gasteiger partial charge in [0, 0.05) is 31.0 Å². The highest BCUT2D eigenvalue weighted by atomic mass is 35.5. The molecule has 0 bridgehead atoms. The Morgan fingerprint density at radius 2 is 2.18 bits per heavy atom. The van der Waals surface area contributed by atoms with Crippen molar-refractivity contribution in [2.75, 3.05) is 13.2 Å². The molecule has 90 valence electrons. The first kappa shape index (κ1) is 10.7. The Morgan fingerprint density at radius 1 is 1.41 bits per heavy atom. The molecule has 7 heteroatoms. The van der Waals surface area contributed by atoms with E-state index in [0.29, 0.717) is 24.4 Å². The number of fused-ring (bicyclic) bond motifs is 1. The normalized spacial score (nSPS) is 17.7. The molecule has 0 amide bonds. The summed E-state index contributed by atoms with van der Waals surface area (Å²) >= 11 is 5.94. The monoisotopic (exact) mass is 254 g/mol. The lowest BCUT2D eigenvalue weighted by Crippen LogP contribution is -2.29. The first-order chi connectivity index (χ1) is 8.29. The maximum absolute atomic E-state index is 12.1. The molecular formula is C10H11ClN4O2. The van der Waals surface area contributed by atoms with Gasteiger partial charge in [0.25, 0.3) is 0 Å². The highest BCUT2D eigenvalue weighted by Gasteiger charge is 2.23. The molecule has 1 fully saturated rings. The van der Waals surface area contributed by atoms with Crippen molar-refractivity contribution in [2.24, 2.45) is 0 Å². The summed E-state index contributed by atoms with van der Waals surface area (Å²) in [6.07, 6.45) is 4.58. The molecule has 3 heterocycles. The fourth-order valence-electron chi connectivity index (χ4n) is 2.20. The van der Waals surface area contributed by atoms with Gasteiger partial charge in [-0.3, -0.25) is 4.57 Å². The predicted molar refractivity (Wildman–Crippen MR) is 62.1 cm³/mol. The van der Waals surface area contributed by atoms with Crippen molar-refractivity contribution >= 4 is 22.9 Å². The molecule has 17 heavy (non-hydrogen) atoms. The minimum Gasteiger partial charge on any atom is -0.381 e. The highest BCUT2D eigenvalue weighted by Crippen LogP contribution is 2.23. The van der Waals surface area contributed by atoms with E-state index in [1.54, 1.807) is 10.8 Å². The van der Waals surface area contributed by atoms with Crippen molar-refractivity contribution < 1.29 is 4.74 Å². The molecule has 6 nitrogen and oxygen atoms in total. The third-order valence-electron chi connectivity index (χ3n) is 3.04. The Labute approximate surface area is 102 Å². The molecule has 0 aliphatic carbocycles. The van der Waals surface area contributed by atoms with Gasteiger partial charge in [-0.1, -0.05) is 0 Å². The fraction of sp³-hybridized carbons (Fsp3) is 0.500. The van der Waals surface area contributed by atoms with Crippen molar-refractivity contribution in [3.05, 3.63) is 23.0 Å². The van der Waals surface area contributed by atoms with Crippen LogP contribution in [0.1, 0.15) is 18.9 Å². The third kappa shape index (κ3) is 1.64. The van der Waals surface area contributed by atoms with Gasteiger partial charge in [0.1, 0.15) is 11.8 Å². The van der Waals surface area contributed by atoms with Crippen molar-refractivity contribution in [1.82, 2.24) is 18.6 Å². The molecule has 3 rings (SSSR count). The number of hydrogen-bond donors (Lipinski definition) is 0. The van der Waals surface area contributed by atoms with E-state index in [-0.39, 0.29) is 11.7 Å². The second-order valence-electron chi connectivity index (χ2n) is 4.01. The van der Waals surface area contributed by atoms with E-state index in [0.717, 1.165) is 16.9 Å². The van der Waals surface area contributed by atoms with E-state index >= 15 is 0 Å². The zero-order chi connectivity index (χ0) is 11.8. The highest BCUT2D eigenvalue weighted by molar-refractivity contribution is 6.18. The zero-order valence-electron chi connectivity index (χ0n) is 9.04. The molecule has 0 radical (unpaired) electrons. The molecule has 2 aromatic rings. The molecule has 0 spiro atoms. The minimum absolute atomic E-state index is 0.105. The second kappa shape index (κ2) is 4.12. The number of ether oxygens (including phenoxy) is 1. The topological polar surface area (TPSA) is 61.9 Å². The van der Waals surface area contributed by atoms with E-state index in [2.05, 4.69) is 9.97 Å². The van der Waals surface area contributed by atoms with E-state index < -0.39 is 0 Å². The zero-order valence-corrected chi connectivity index (χ0v) is 9.80. The number of hydrogen-bond acceptors (Lipinski definition) is 4. The number of rotatable bonds is 1. The number of aromatic nitrogens is 4. The average Bonchev–Trinajstić information content (AvgIpc) is 2.64. The van der Waals surface area contributed by atoms with Gasteiger partial charge < -0.3 is 4.74 Å². The largest absolute Gasteiger partial charge is 0.381 e. The lowest BCUT2D eigenvalue weighted by molar-refractivity contribution is 0.0696. The summed E-state index contributed by atoms with van der Waals surface area (Å²) in [5.41, 5.74) is 0.881. The summed E-state index contributed by atoms with van der Waals surface area (Å²) in [6.45, 7) is 1.33. The van der Waals surface area contributed by atoms with Crippen LogP contribution < -0.4 is 5.69 Å². The van der Waals surface area contributed by atoms with Gasteiger partial charge in [0.15, 0.2) is 5.65 Å². The molecule has 1 aliphatic heterocycles. The summed E-state index contributed by atoms with van der Waals surface area (Å²) in [5, 5.41) is 0. The molecule has 0 unspecified atom stereocenters. The minimum atomic E-state index is -0.255. The maximum Gasteiger partial charge on any atom is 0.345 e. The summed E-state index contributed by atoms with van der Waals surface area (Å²) in [7, 11) is 0. The van der Waals surface area contributed by atoms with Gasteiger partial charge in [-0.05, 0) is 12.8 Å². The van der Waals surface area contributed by atoms with Gasteiger partial charge in [-0.25, -0.2) is 14.8 Å². The first-order valence-electron chi connectivity index (χ1n) is 5.46. The van der Waals surface area contributed by atoms with Crippen LogP contribution in [0.15, 0.2) is 17.3 Å². The number of halogens is 1. The number of nitrogens with zero attached hydrogens (tertiary/aromatic N) is 4. The molecule has 2 aromatic heterocycles. The maximum atomic E-state index is 12.1. The van der Waals surface area contributed by atoms with Crippen LogP contribution >= 0.6 is 11.8 Å². The Balaban J connectivity index is 2.21. The van der Waals surface area contributed by atoms with E-state index in [9.17, 15) is 4.79 Å². The van der Waals surface area contributed by atoms with Crippen LogP contribution in [0, 0.1) is 0 Å². The van der Waals surface area contributed by atoms with E-state index in [4.69, 9.17) is 16.5 Å². The van der Waals surface area contributed by atoms with Gasteiger partial charge in [0.2, 0.25) is 0 Å². The third-order valence-corrected chi connectivity index (χ3v) is 3.37. The Bertz CT molecular complexity index is 600. The molecular weight excluding hydrogens is 244 g/mol. The molecule has 1 saturated heterocycles. The van der Waals surface area contributed by atoms with Crippen LogP contribution in [-0.4, -0.2) is 31.8 Å². The molecule has 0 aromatic carbocycles. The summed E-state index contributed by atoms with van der Waals surface area (Å²) in [6, 6.07) is 0.105. The van der Waals surface area contributed by atoms with E-state index in [1.807, 2.05) is 0 Å². The average molecular weight is 255 g/mol. The number of imidazole rings is 1. The van der Waals surface area contributed by atoms with Gasteiger partial charge in [-0.15, -0.1) is 0 Å². The van der Waals surface area contributed by atoms with Gasteiger partial charge in [0.05, 0.1) is 6.20 Å². The van der Waals surface area contributed by atoms with Gasteiger partial charge >= 0.3 is 5.69 Å². The lowest BCUT2D eigenvalue weighted by atomic mass is 10.1. The van der Waals surface area contributed by atoms with Crippen LogP contribution in [0.25, 0.3) is 11.2 Å².